The van der Waals surface area contributed by atoms with Gasteiger partial charge in [-0.05, 0) is 6.92 Å². The highest BCUT2D eigenvalue weighted by Gasteiger charge is 2.27. The molecule has 0 unspecified atom stereocenters. The highest BCUT2D eigenvalue weighted by Crippen LogP contribution is 2.19. The van der Waals surface area contributed by atoms with Crippen molar-refractivity contribution in [2.45, 2.75) is 13.3 Å². The van der Waals surface area contributed by atoms with E-state index in [2.05, 4.69) is 0 Å². The van der Waals surface area contributed by atoms with Gasteiger partial charge in [0.1, 0.15) is 5.76 Å². The van der Waals surface area contributed by atoms with Gasteiger partial charge < -0.3 is 19.5 Å². The lowest BCUT2D eigenvalue weighted by Crippen LogP contribution is -2.37. The van der Waals surface area contributed by atoms with E-state index in [4.69, 9.17) is 14.6 Å². The number of carbonyl (C=O) groups excluding carboxylic acids is 1. The Balaban J connectivity index is 2.82. The normalized spacial score (nSPS) is 16.0. The van der Waals surface area contributed by atoms with Crippen LogP contribution in [0.25, 0.3) is 0 Å². The molecule has 0 saturated heterocycles. The molecule has 1 rings (SSSR count). The number of ether oxygens (including phenoxy) is 2. The van der Waals surface area contributed by atoms with Crippen molar-refractivity contribution in [2.24, 2.45) is 0 Å². The van der Waals surface area contributed by atoms with E-state index < -0.39 is 12.1 Å². The second kappa shape index (κ2) is 5.39. The molecular weight excluding hydrogens is 214 g/mol. The van der Waals surface area contributed by atoms with E-state index >= 15 is 0 Å². The molecule has 1 heterocycles. The Labute approximate surface area is 93.4 Å². The minimum Gasteiger partial charge on any atom is -0.499 e. The molecule has 90 valence electrons. The quantitative estimate of drug-likeness (QED) is 0.725. The fourth-order valence-electron chi connectivity index (χ4n) is 1.52. The van der Waals surface area contributed by atoms with Gasteiger partial charge in [-0.25, -0.2) is 9.59 Å². The number of methoxy groups -OCH3 is 1. The molecule has 1 amide bonds. The van der Waals surface area contributed by atoms with Gasteiger partial charge in [0.25, 0.3) is 0 Å². The molecule has 0 bridgehead atoms. The Morgan fingerprint density at radius 2 is 2.19 bits per heavy atom. The van der Waals surface area contributed by atoms with Crippen LogP contribution >= 0.6 is 0 Å². The van der Waals surface area contributed by atoms with E-state index in [1.807, 2.05) is 0 Å². The van der Waals surface area contributed by atoms with Gasteiger partial charge in [0.15, 0.2) is 0 Å². The van der Waals surface area contributed by atoms with Gasteiger partial charge in [-0.2, -0.15) is 0 Å². The fourth-order valence-corrected chi connectivity index (χ4v) is 1.52. The van der Waals surface area contributed by atoms with Crippen LogP contribution in [0.5, 0.6) is 0 Å². The van der Waals surface area contributed by atoms with Gasteiger partial charge in [0.05, 0.1) is 25.8 Å². The Hall–Kier alpha value is -1.72. The predicted octanol–water partition coefficient (Wildman–Crippen LogP) is 0.834. The third-order valence-corrected chi connectivity index (χ3v) is 2.34. The largest absolute Gasteiger partial charge is 0.499 e. The van der Waals surface area contributed by atoms with Crippen LogP contribution in [0.15, 0.2) is 11.3 Å². The minimum absolute atomic E-state index is 0.0972. The van der Waals surface area contributed by atoms with Gasteiger partial charge in [0, 0.05) is 13.0 Å². The first-order chi connectivity index (χ1) is 7.60. The summed E-state index contributed by atoms with van der Waals surface area (Å²) in [6.45, 7) is 2.40. The third-order valence-electron chi connectivity index (χ3n) is 2.34. The molecule has 0 spiro atoms. The summed E-state index contributed by atoms with van der Waals surface area (Å²) >= 11 is 0. The number of esters is 1. The average Bonchev–Trinajstić information content (AvgIpc) is 2.28. The average molecular weight is 229 g/mol. The minimum atomic E-state index is -1.02. The predicted molar refractivity (Wildman–Crippen MR) is 54.9 cm³/mol. The van der Waals surface area contributed by atoms with Crippen LogP contribution in [0, 0.1) is 0 Å². The summed E-state index contributed by atoms with van der Waals surface area (Å²) in [4.78, 5) is 23.5. The molecule has 1 aliphatic heterocycles. The highest BCUT2D eigenvalue weighted by molar-refractivity contribution is 5.89. The van der Waals surface area contributed by atoms with Gasteiger partial charge in [-0.1, -0.05) is 0 Å². The monoisotopic (exact) mass is 229 g/mol. The Morgan fingerprint density at radius 3 is 2.69 bits per heavy atom. The van der Waals surface area contributed by atoms with Crippen LogP contribution in [0.1, 0.15) is 13.3 Å². The molecule has 0 aromatic heterocycles. The molecule has 6 heteroatoms. The topological polar surface area (TPSA) is 76.1 Å². The van der Waals surface area contributed by atoms with Crippen LogP contribution in [-0.2, 0) is 14.3 Å². The van der Waals surface area contributed by atoms with E-state index in [-0.39, 0.29) is 13.1 Å². The summed E-state index contributed by atoms with van der Waals surface area (Å²) in [5, 5.41) is 8.81. The maximum absolute atomic E-state index is 11.5. The van der Waals surface area contributed by atoms with E-state index in [1.165, 1.54) is 12.0 Å². The van der Waals surface area contributed by atoms with Crippen molar-refractivity contribution in [3.05, 3.63) is 11.3 Å². The molecule has 16 heavy (non-hydrogen) atoms. The Kier molecular flexibility index (Phi) is 4.16. The summed E-state index contributed by atoms with van der Waals surface area (Å²) in [5.74, 6) is -0.0588. The zero-order valence-corrected chi connectivity index (χ0v) is 9.36. The van der Waals surface area contributed by atoms with Crippen LogP contribution in [0.2, 0.25) is 0 Å². The molecule has 1 aliphatic rings. The maximum atomic E-state index is 11.5. The number of rotatable bonds is 3. The second-order valence-electron chi connectivity index (χ2n) is 3.28. The summed E-state index contributed by atoms with van der Waals surface area (Å²) < 4.78 is 9.89. The molecule has 0 aliphatic carbocycles. The van der Waals surface area contributed by atoms with Crippen molar-refractivity contribution in [1.29, 1.82) is 0 Å². The number of carbonyl (C=O) groups is 2. The first-order valence-corrected chi connectivity index (χ1v) is 5.01. The molecule has 0 radical (unpaired) electrons. The van der Waals surface area contributed by atoms with Gasteiger partial charge in [-0.3, -0.25) is 0 Å². The van der Waals surface area contributed by atoms with Crippen molar-refractivity contribution >= 4 is 12.1 Å². The third kappa shape index (κ3) is 2.65. The number of amides is 1. The van der Waals surface area contributed by atoms with Crippen molar-refractivity contribution in [2.75, 3.05) is 26.8 Å². The number of hydrogen-bond donors (Lipinski definition) is 1. The summed E-state index contributed by atoms with van der Waals surface area (Å²) in [6.07, 6.45) is -0.689. The molecular formula is C10H15NO5. The first kappa shape index (κ1) is 12.4. The van der Waals surface area contributed by atoms with Crippen LogP contribution in [0.4, 0.5) is 4.79 Å². The lowest BCUT2D eigenvalue weighted by Gasteiger charge is -2.26. The molecule has 0 saturated carbocycles. The van der Waals surface area contributed by atoms with Crippen molar-refractivity contribution in [1.82, 2.24) is 4.90 Å². The maximum Gasteiger partial charge on any atom is 0.407 e. The number of nitrogens with zero attached hydrogens (tertiary/aromatic N) is 1. The molecule has 0 fully saturated rings. The fraction of sp³-hybridized carbons (Fsp3) is 0.600. The zero-order valence-electron chi connectivity index (χ0n) is 9.36. The molecule has 1 N–H and O–H groups in total. The zero-order chi connectivity index (χ0) is 12.1. The lowest BCUT2D eigenvalue weighted by molar-refractivity contribution is -0.139. The highest BCUT2D eigenvalue weighted by atomic mass is 16.5. The number of carboxylic acid groups (broad SMARTS) is 1. The first-order valence-electron chi connectivity index (χ1n) is 5.01. The van der Waals surface area contributed by atoms with Crippen LogP contribution in [0.3, 0.4) is 0 Å². The van der Waals surface area contributed by atoms with Crippen molar-refractivity contribution < 1.29 is 24.2 Å². The van der Waals surface area contributed by atoms with Gasteiger partial charge >= 0.3 is 12.1 Å². The summed E-state index contributed by atoms with van der Waals surface area (Å²) in [6, 6.07) is 0. The van der Waals surface area contributed by atoms with E-state index in [9.17, 15) is 9.59 Å². The van der Waals surface area contributed by atoms with E-state index in [1.54, 1.807) is 6.92 Å². The summed E-state index contributed by atoms with van der Waals surface area (Å²) in [5.41, 5.74) is 0.432. The molecule has 6 nitrogen and oxygen atoms in total. The Morgan fingerprint density at radius 1 is 1.50 bits per heavy atom. The Bertz CT molecular complexity index is 323. The standard InChI is InChI=1S/C10H15NO5/c1-3-16-9(12)7-4-5-11(10(13)14)6-8(7)15-2/h3-6H2,1-2H3,(H,13,14). The molecule has 0 aromatic rings. The molecule has 0 aromatic carbocycles. The van der Waals surface area contributed by atoms with Gasteiger partial charge in [-0.15, -0.1) is 0 Å². The summed E-state index contributed by atoms with van der Waals surface area (Å²) in [7, 11) is 1.42. The molecule has 0 atom stereocenters. The van der Waals surface area contributed by atoms with E-state index in [0.717, 1.165) is 0 Å². The van der Waals surface area contributed by atoms with Crippen LogP contribution < -0.4 is 0 Å². The van der Waals surface area contributed by atoms with Gasteiger partial charge in [0.2, 0.25) is 0 Å². The van der Waals surface area contributed by atoms with E-state index in [0.29, 0.717) is 24.4 Å². The smallest absolute Gasteiger partial charge is 0.407 e. The van der Waals surface area contributed by atoms with Crippen LogP contribution in [-0.4, -0.2) is 48.9 Å². The SMILES string of the molecule is CCOC(=O)C1=C(OC)CN(C(=O)O)CC1. The lowest BCUT2D eigenvalue weighted by atomic mass is 10.1. The number of hydrogen-bond acceptors (Lipinski definition) is 4. The second-order valence-corrected chi connectivity index (χ2v) is 3.28. The van der Waals surface area contributed by atoms with Crippen molar-refractivity contribution in [3.63, 3.8) is 0 Å². The van der Waals surface area contributed by atoms with Crippen molar-refractivity contribution in [3.8, 4) is 0 Å².